The molecular formula is C19H29N2O+. The third-order valence-corrected chi connectivity index (χ3v) is 5.77. The largest absolute Gasteiger partial charge is 0.324 e. The van der Waals surface area contributed by atoms with Crippen LogP contribution in [-0.2, 0) is 4.79 Å². The first-order chi connectivity index (χ1) is 10.6. The maximum atomic E-state index is 12.5. The topological polar surface area (TPSA) is 33.5 Å². The van der Waals surface area contributed by atoms with E-state index in [1.807, 2.05) is 12.1 Å². The monoisotopic (exact) mass is 301 g/mol. The zero-order valence-electron chi connectivity index (χ0n) is 14.0. The van der Waals surface area contributed by atoms with Gasteiger partial charge >= 0.3 is 0 Å². The van der Waals surface area contributed by atoms with Crippen molar-refractivity contribution in [3.05, 3.63) is 29.3 Å². The van der Waals surface area contributed by atoms with Crippen LogP contribution in [0, 0.1) is 19.8 Å². The minimum atomic E-state index is 0.176. The molecule has 120 valence electrons. The van der Waals surface area contributed by atoms with Gasteiger partial charge in [0.25, 0.3) is 5.91 Å². The van der Waals surface area contributed by atoms with Crippen LogP contribution in [-0.4, -0.2) is 25.0 Å². The third-order valence-electron chi connectivity index (χ3n) is 5.77. The fourth-order valence-corrected chi connectivity index (χ4v) is 4.37. The fourth-order valence-electron chi connectivity index (χ4n) is 4.37. The van der Waals surface area contributed by atoms with E-state index in [0.29, 0.717) is 6.54 Å². The highest BCUT2D eigenvalue weighted by atomic mass is 16.2. The number of hydrogen-bond acceptors (Lipinski definition) is 1. The molecule has 22 heavy (non-hydrogen) atoms. The number of carbonyl (C=O) groups is 1. The van der Waals surface area contributed by atoms with Crippen molar-refractivity contribution in [2.75, 3.05) is 18.4 Å². The molecule has 1 unspecified atom stereocenters. The van der Waals surface area contributed by atoms with Crippen LogP contribution in [0.25, 0.3) is 0 Å². The van der Waals surface area contributed by atoms with E-state index in [1.54, 1.807) is 0 Å². The first kappa shape index (κ1) is 15.5. The van der Waals surface area contributed by atoms with Crippen molar-refractivity contribution in [2.45, 2.75) is 58.4 Å². The van der Waals surface area contributed by atoms with Crippen molar-refractivity contribution >= 4 is 11.6 Å². The molecule has 3 atom stereocenters. The van der Waals surface area contributed by atoms with Crippen LogP contribution in [0.5, 0.6) is 0 Å². The maximum Gasteiger partial charge on any atom is 0.279 e. The van der Waals surface area contributed by atoms with Crippen LogP contribution < -0.4 is 10.2 Å². The molecule has 2 N–H and O–H groups in total. The molecule has 1 aliphatic heterocycles. The van der Waals surface area contributed by atoms with Gasteiger partial charge in [0.2, 0.25) is 0 Å². The van der Waals surface area contributed by atoms with Crippen molar-refractivity contribution in [2.24, 2.45) is 5.92 Å². The van der Waals surface area contributed by atoms with Gasteiger partial charge in [-0.2, -0.15) is 0 Å². The van der Waals surface area contributed by atoms with Crippen LogP contribution >= 0.6 is 0 Å². The van der Waals surface area contributed by atoms with Gasteiger partial charge in [0.1, 0.15) is 0 Å². The summed E-state index contributed by atoms with van der Waals surface area (Å²) in [5.41, 5.74) is 3.39. The molecule has 2 aliphatic rings. The molecule has 1 aromatic rings. The molecule has 1 saturated carbocycles. The highest BCUT2D eigenvalue weighted by Gasteiger charge is 2.37. The Morgan fingerprint density at radius 2 is 1.95 bits per heavy atom. The van der Waals surface area contributed by atoms with Gasteiger partial charge in [0, 0.05) is 11.6 Å². The van der Waals surface area contributed by atoms with Crippen molar-refractivity contribution < 1.29 is 9.69 Å². The van der Waals surface area contributed by atoms with Crippen molar-refractivity contribution in [3.8, 4) is 0 Å². The van der Waals surface area contributed by atoms with E-state index in [-0.39, 0.29) is 5.91 Å². The third kappa shape index (κ3) is 3.35. The summed E-state index contributed by atoms with van der Waals surface area (Å²) in [7, 11) is 0. The molecule has 1 saturated heterocycles. The van der Waals surface area contributed by atoms with E-state index in [4.69, 9.17) is 0 Å². The molecular weight excluding hydrogens is 272 g/mol. The Morgan fingerprint density at radius 3 is 2.82 bits per heavy atom. The molecule has 0 bridgehead atoms. The van der Waals surface area contributed by atoms with E-state index < -0.39 is 0 Å². The summed E-state index contributed by atoms with van der Waals surface area (Å²) in [6.07, 6.45) is 8.11. The second kappa shape index (κ2) is 6.82. The van der Waals surface area contributed by atoms with Gasteiger partial charge in [-0.05, 0) is 63.1 Å². The molecule has 0 spiro atoms. The number of aryl methyl sites for hydroxylation is 1. The Balaban J connectivity index is 1.62. The number of fused-ring (bicyclic) bond motifs is 1. The van der Waals surface area contributed by atoms with Crippen LogP contribution in [0.1, 0.15) is 49.7 Å². The molecule has 0 aromatic heterocycles. The normalized spacial score (nSPS) is 28.0. The lowest BCUT2D eigenvalue weighted by atomic mass is 9.78. The maximum absolute atomic E-state index is 12.5. The van der Waals surface area contributed by atoms with E-state index in [0.717, 1.165) is 17.6 Å². The Kier molecular flexibility index (Phi) is 4.82. The molecule has 3 nitrogen and oxygen atoms in total. The summed E-state index contributed by atoms with van der Waals surface area (Å²) in [6, 6.07) is 6.85. The standard InChI is InChI=1S/C19H28N2O/c1-14-7-5-10-17(15(14)2)20-19(22)13-21-12-6-9-16-8-3-4-11-18(16)21/h5,7,10,16,18H,3-4,6,8-9,11-13H2,1-2H3,(H,20,22)/p+1/t16-,18+/m1/s1. The first-order valence-corrected chi connectivity index (χ1v) is 8.86. The van der Waals surface area contributed by atoms with Gasteiger partial charge in [-0.25, -0.2) is 0 Å². The fraction of sp³-hybridized carbons (Fsp3) is 0.632. The molecule has 3 heteroatoms. The Labute approximate surface area is 134 Å². The van der Waals surface area contributed by atoms with Gasteiger partial charge in [-0.3, -0.25) is 4.79 Å². The lowest BCUT2D eigenvalue weighted by Crippen LogP contribution is -3.18. The van der Waals surface area contributed by atoms with Crippen molar-refractivity contribution in [1.29, 1.82) is 0 Å². The summed E-state index contributed by atoms with van der Waals surface area (Å²) in [4.78, 5) is 14.0. The summed E-state index contributed by atoms with van der Waals surface area (Å²) in [5, 5.41) is 3.13. The molecule has 2 fully saturated rings. The molecule has 3 rings (SSSR count). The molecule has 1 aromatic carbocycles. The van der Waals surface area contributed by atoms with Crippen LogP contribution in [0.3, 0.4) is 0 Å². The number of amides is 1. The summed E-state index contributed by atoms with van der Waals surface area (Å²) >= 11 is 0. The van der Waals surface area contributed by atoms with Crippen molar-refractivity contribution in [3.63, 3.8) is 0 Å². The van der Waals surface area contributed by atoms with Gasteiger partial charge < -0.3 is 10.2 Å². The van der Waals surface area contributed by atoms with Gasteiger partial charge in [0.15, 0.2) is 6.54 Å². The van der Waals surface area contributed by atoms with Crippen LogP contribution in [0.15, 0.2) is 18.2 Å². The van der Waals surface area contributed by atoms with Crippen LogP contribution in [0.4, 0.5) is 5.69 Å². The number of nitrogens with one attached hydrogen (secondary N) is 2. The zero-order valence-corrected chi connectivity index (χ0v) is 14.0. The Bertz CT molecular complexity index is 538. The minimum Gasteiger partial charge on any atom is -0.324 e. The zero-order chi connectivity index (χ0) is 15.5. The van der Waals surface area contributed by atoms with E-state index in [1.165, 1.54) is 61.1 Å². The highest BCUT2D eigenvalue weighted by Crippen LogP contribution is 2.28. The van der Waals surface area contributed by atoms with Gasteiger partial charge in [-0.1, -0.05) is 18.6 Å². The first-order valence-electron chi connectivity index (χ1n) is 8.86. The predicted molar refractivity (Wildman–Crippen MR) is 90.2 cm³/mol. The second-order valence-electron chi connectivity index (χ2n) is 7.17. The summed E-state index contributed by atoms with van der Waals surface area (Å²) < 4.78 is 0. The van der Waals surface area contributed by atoms with E-state index in [2.05, 4.69) is 25.2 Å². The number of likely N-dealkylation sites (tertiary alicyclic amines) is 1. The number of anilines is 1. The Morgan fingerprint density at radius 1 is 1.18 bits per heavy atom. The second-order valence-corrected chi connectivity index (χ2v) is 7.17. The number of carbonyl (C=O) groups excluding carboxylic acids is 1. The number of hydrogen-bond donors (Lipinski definition) is 2. The molecule has 1 aliphatic carbocycles. The quantitative estimate of drug-likeness (QED) is 0.883. The number of rotatable bonds is 3. The minimum absolute atomic E-state index is 0.176. The van der Waals surface area contributed by atoms with Crippen LogP contribution in [0.2, 0.25) is 0 Å². The van der Waals surface area contributed by atoms with E-state index in [9.17, 15) is 4.79 Å². The lowest BCUT2D eigenvalue weighted by Gasteiger charge is -2.40. The smallest absolute Gasteiger partial charge is 0.279 e. The van der Waals surface area contributed by atoms with Gasteiger partial charge in [-0.15, -0.1) is 0 Å². The number of piperidine rings is 1. The number of benzene rings is 1. The lowest BCUT2D eigenvalue weighted by molar-refractivity contribution is -0.928. The Hall–Kier alpha value is -1.35. The van der Waals surface area contributed by atoms with E-state index >= 15 is 0 Å². The predicted octanol–water partition coefficient (Wildman–Crippen LogP) is 2.48. The summed E-state index contributed by atoms with van der Waals surface area (Å²) in [5.74, 6) is 1.04. The molecule has 1 heterocycles. The SMILES string of the molecule is Cc1cccc(NC(=O)C[NH+]2CCC[C@H]3CCCC[C@@H]32)c1C. The highest BCUT2D eigenvalue weighted by molar-refractivity contribution is 5.92. The molecule has 1 amide bonds. The summed E-state index contributed by atoms with van der Waals surface area (Å²) in [6.45, 7) is 5.97. The average molecular weight is 301 g/mol. The van der Waals surface area contributed by atoms with Gasteiger partial charge in [0.05, 0.1) is 12.6 Å². The van der Waals surface area contributed by atoms with Crippen molar-refractivity contribution in [1.82, 2.24) is 0 Å². The molecule has 0 radical (unpaired) electrons. The average Bonchev–Trinajstić information content (AvgIpc) is 2.52. The number of quaternary nitrogens is 1.